The van der Waals surface area contributed by atoms with Crippen LogP contribution in [0.4, 0.5) is 0 Å². The Morgan fingerprint density at radius 2 is 1.94 bits per heavy atom. The molecule has 7 nitrogen and oxygen atoms in total. The number of aryl methyl sites for hydroxylation is 2. The van der Waals surface area contributed by atoms with E-state index >= 15 is 0 Å². The van der Waals surface area contributed by atoms with Gasteiger partial charge in [-0.25, -0.2) is 13.4 Å². The number of likely N-dealkylation sites (tertiary alicyclic amines) is 1. The molecule has 0 bridgehead atoms. The number of nitrogens with zero attached hydrogens (tertiary/aromatic N) is 4. The summed E-state index contributed by atoms with van der Waals surface area (Å²) in [6.07, 6.45) is 7.60. The Labute approximate surface area is 208 Å². The van der Waals surface area contributed by atoms with E-state index in [2.05, 4.69) is 52.3 Å². The van der Waals surface area contributed by atoms with E-state index in [1.165, 1.54) is 59.5 Å². The molecular formula is C27H34N4O3S. The van der Waals surface area contributed by atoms with E-state index in [0.29, 0.717) is 12.0 Å². The van der Waals surface area contributed by atoms with Crippen LogP contribution < -0.4 is 4.74 Å². The highest BCUT2D eigenvalue weighted by atomic mass is 32.2. The fourth-order valence-corrected chi connectivity index (χ4v) is 6.38. The second-order valence-corrected chi connectivity index (χ2v) is 11.7. The molecular weight excluding hydrogens is 460 g/mol. The molecule has 2 aliphatic rings. The molecule has 1 aliphatic heterocycles. The molecule has 3 aromatic rings. The van der Waals surface area contributed by atoms with E-state index in [0.717, 1.165) is 18.6 Å². The number of benzene rings is 2. The SMILES string of the molecule is CN(CCOc1ccc2c(c1)C(Cc1ccccc1)C(N1CCC1)CC2)S(=O)(=O)c1cn(C)cn1. The van der Waals surface area contributed by atoms with Gasteiger partial charge < -0.3 is 9.30 Å². The third-order valence-electron chi connectivity index (χ3n) is 7.38. The lowest BCUT2D eigenvalue weighted by atomic mass is 9.75. The molecule has 186 valence electrons. The summed E-state index contributed by atoms with van der Waals surface area (Å²) in [6, 6.07) is 17.7. The maximum absolute atomic E-state index is 12.7. The van der Waals surface area contributed by atoms with Gasteiger partial charge in [-0.2, -0.15) is 4.31 Å². The predicted molar refractivity (Wildman–Crippen MR) is 136 cm³/mol. The van der Waals surface area contributed by atoms with Crippen LogP contribution in [0.25, 0.3) is 0 Å². The van der Waals surface area contributed by atoms with E-state index in [9.17, 15) is 8.42 Å². The van der Waals surface area contributed by atoms with Crippen LogP contribution in [0.3, 0.4) is 0 Å². The molecule has 0 spiro atoms. The average Bonchev–Trinajstić information content (AvgIpc) is 3.27. The fourth-order valence-electron chi connectivity index (χ4n) is 5.26. The van der Waals surface area contributed by atoms with Crippen molar-refractivity contribution >= 4 is 10.0 Å². The molecule has 0 radical (unpaired) electrons. The second-order valence-electron chi connectivity index (χ2n) is 9.70. The fraction of sp³-hybridized carbons (Fsp3) is 0.444. The Morgan fingerprint density at radius 1 is 1.14 bits per heavy atom. The molecule has 8 heteroatoms. The third kappa shape index (κ3) is 5.15. The van der Waals surface area contributed by atoms with Crippen molar-refractivity contribution in [1.29, 1.82) is 0 Å². The Bertz CT molecular complexity index is 1250. The number of hydrogen-bond donors (Lipinski definition) is 0. The highest BCUT2D eigenvalue weighted by molar-refractivity contribution is 7.89. The van der Waals surface area contributed by atoms with E-state index in [1.807, 2.05) is 6.07 Å². The Kier molecular flexibility index (Phi) is 6.95. The lowest BCUT2D eigenvalue weighted by Gasteiger charge is -2.45. The zero-order valence-corrected chi connectivity index (χ0v) is 21.3. The first kappa shape index (κ1) is 24.0. The topological polar surface area (TPSA) is 67.7 Å². The molecule has 1 saturated heterocycles. The lowest BCUT2D eigenvalue weighted by molar-refractivity contribution is 0.0876. The maximum atomic E-state index is 12.7. The summed E-state index contributed by atoms with van der Waals surface area (Å²) >= 11 is 0. The lowest BCUT2D eigenvalue weighted by Crippen LogP contribution is -2.49. The number of fused-ring (bicyclic) bond motifs is 1. The Balaban J connectivity index is 1.30. The smallest absolute Gasteiger partial charge is 0.261 e. The molecule has 1 aromatic heterocycles. The first-order valence-electron chi connectivity index (χ1n) is 12.4. The molecule has 2 atom stereocenters. The molecule has 35 heavy (non-hydrogen) atoms. The van der Waals surface area contributed by atoms with Crippen molar-refractivity contribution in [1.82, 2.24) is 18.8 Å². The van der Waals surface area contributed by atoms with E-state index < -0.39 is 10.0 Å². The molecule has 0 saturated carbocycles. The molecule has 2 unspecified atom stereocenters. The number of likely N-dealkylation sites (N-methyl/N-ethyl adjacent to an activating group) is 1. The van der Waals surface area contributed by atoms with Gasteiger partial charge in [0.15, 0.2) is 5.03 Å². The monoisotopic (exact) mass is 494 g/mol. The van der Waals surface area contributed by atoms with Gasteiger partial charge in [0.25, 0.3) is 10.0 Å². The Morgan fingerprint density at radius 3 is 2.63 bits per heavy atom. The van der Waals surface area contributed by atoms with Crippen LogP contribution in [0.15, 0.2) is 66.1 Å². The Hall–Kier alpha value is -2.68. The van der Waals surface area contributed by atoms with Crippen molar-refractivity contribution in [3.8, 4) is 5.75 Å². The van der Waals surface area contributed by atoms with Crippen LogP contribution in [0.2, 0.25) is 0 Å². The quantitative estimate of drug-likeness (QED) is 0.456. The highest BCUT2D eigenvalue weighted by Gasteiger charge is 2.36. The van der Waals surface area contributed by atoms with Gasteiger partial charge in [-0.05, 0) is 67.6 Å². The number of rotatable bonds is 9. The molecule has 1 aliphatic carbocycles. The minimum absolute atomic E-state index is 0.0528. The first-order chi connectivity index (χ1) is 16.9. The minimum atomic E-state index is -3.63. The zero-order valence-electron chi connectivity index (χ0n) is 20.5. The molecule has 1 fully saturated rings. The maximum Gasteiger partial charge on any atom is 0.261 e. The molecule has 0 N–H and O–H groups in total. The van der Waals surface area contributed by atoms with Gasteiger partial charge >= 0.3 is 0 Å². The molecule has 2 aromatic carbocycles. The summed E-state index contributed by atoms with van der Waals surface area (Å²) in [6.45, 7) is 2.91. The zero-order chi connectivity index (χ0) is 24.4. The largest absolute Gasteiger partial charge is 0.492 e. The van der Waals surface area contributed by atoms with Gasteiger partial charge in [0.1, 0.15) is 12.4 Å². The molecule has 0 amide bonds. The van der Waals surface area contributed by atoms with Crippen LogP contribution >= 0.6 is 0 Å². The number of hydrogen-bond acceptors (Lipinski definition) is 5. The van der Waals surface area contributed by atoms with Crippen molar-refractivity contribution < 1.29 is 13.2 Å². The highest BCUT2D eigenvalue weighted by Crippen LogP contribution is 2.40. The van der Waals surface area contributed by atoms with Crippen LogP contribution in [0.1, 0.15) is 35.4 Å². The van der Waals surface area contributed by atoms with Crippen molar-refractivity contribution in [3.05, 3.63) is 77.7 Å². The minimum Gasteiger partial charge on any atom is -0.492 e. The standard InChI is InChI=1S/C27H34N4O3S/c1-29-19-27(28-20-29)35(32,33)30(2)15-16-34-23-11-9-22-10-12-26(31-13-6-14-31)25(24(22)18-23)17-21-7-4-3-5-8-21/h3-5,7-9,11,18-20,25-26H,6,10,12-17H2,1-2H3. The number of imidazole rings is 1. The summed E-state index contributed by atoms with van der Waals surface area (Å²) in [5.74, 6) is 1.23. The predicted octanol–water partition coefficient (Wildman–Crippen LogP) is 3.47. The van der Waals surface area contributed by atoms with Gasteiger partial charge in [0.2, 0.25) is 0 Å². The van der Waals surface area contributed by atoms with Gasteiger partial charge in [0.05, 0.1) is 6.33 Å². The van der Waals surface area contributed by atoms with Gasteiger partial charge in [-0.3, -0.25) is 4.90 Å². The van der Waals surface area contributed by atoms with E-state index in [1.54, 1.807) is 18.7 Å². The number of ether oxygens (including phenoxy) is 1. The second kappa shape index (κ2) is 10.1. The molecule has 2 heterocycles. The van der Waals surface area contributed by atoms with Crippen LogP contribution in [-0.2, 0) is 29.9 Å². The van der Waals surface area contributed by atoms with Crippen molar-refractivity contribution in [2.45, 2.75) is 42.7 Å². The van der Waals surface area contributed by atoms with Crippen molar-refractivity contribution in [2.75, 3.05) is 33.3 Å². The number of aromatic nitrogens is 2. The summed E-state index contributed by atoms with van der Waals surface area (Å²) in [5.41, 5.74) is 4.15. The molecule has 5 rings (SSSR count). The van der Waals surface area contributed by atoms with Crippen LogP contribution in [0, 0.1) is 0 Å². The summed E-state index contributed by atoms with van der Waals surface area (Å²) in [5, 5.41) is 0.0528. The van der Waals surface area contributed by atoms with Crippen LogP contribution in [0.5, 0.6) is 5.75 Å². The van der Waals surface area contributed by atoms with E-state index in [-0.39, 0.29) is 18.2 Å². The van der Waals surface area contributed by atoms with Crippen molar-refractivity contribution in [3.63, 3.8) is 0 Å². The third-order valence-corrected chi connectivity index (χ3v) is 9.12. The summed E-state index contributed by atoms with van der Waals surface area (Å²) < 4.78 is 34.4. The number of sulfonamides is 1. The summed E-state index contributed by atoms with van der Waals surface area (Å²) in [4.78, 5) is 6.63. The van der Waals surface area contributed by atoms with Gasteiger partial charge in [-0.1, -0.05) is 36.4 Å². The summed E-state index contributed by atoms with van der Waals surface area (Å²) in [7, 11) is -0.312. The van der Waals surface area contributed by atoms with Crippen molar-refractivity contribution in [2.24, 2.45) is 7.05 Å². The van der Waals surface area contributed by atoms with E-state index in [4.69, 9.17) is 4.74 Å². The van der Waals surface area contributed by atoms with Crippen LogP contribution in [-0.4, -0.2) is 66.5 Å². The average molecular weight is 495 g/mol. The van der Waals surface area contributed by atoms with Gasteiger partial charge in [0, 0.05) is 38.8 Å². The normalized spacial score (nSPS) is 20.4. The van der Waals surface area contributed by atoms with Gasteiger partial charge in [-0.15, -0.1) is 0 Å². The first-order valence-corrected chi connectivity index (χ1v) is 13.8.